The molecule has 0 radical (unpaired) electrons. The van der Waals surface area contributed by atoms with Gasteiger partial charge in [-0.2, -0.15) is 0 Å². The van der Waals surface area contributed by atoms with Gasteiger partial charge in [-0.05, 0) is 31.0 Å². The van der Waals surface area contributed by atoms with Gasteiger partial charge in [-0.25, -0.2) is 0 Å². The normalized spacial score (nSPS) is 12.3. The third-order valence-corrected chi connectivity index (χ3v) is 3.68. The summed E-state index contributed by atoms with van der Waals surface area (Å²) in [5, 5.41) is 0. The van der Waals surface area contributed by atoms with Gasteiger partial charge in [0.2, 0.25) is 0 Å². The van der Waals surface area contributed by atoms with Crippen LogP contribution in [0.3, 0.4) is 0 Å². The molecule has 0 saturated heterocycles. The van der Waals surface area contributed by atoms with Crippen LogP contribution in [0.25, 0.3) is 0 Å². The van der Waals surface area contributed by atoms with Gasteiger partial charge >= 0.3 is 0 Å². The van der Waals surface area contributed by atoms with Crippen LogP contribution in [0.5, 0.6) is 0 Å². The number of likely N-dealkylation sites (N-methyl/N-ethyl adjacent to an activating group) is 1. The first-order valence-corrected chi connectivity index (χ1v) is 7.20. The van der Waals surface area contributed by atoms with E-state index in [1.165, 1.54) is 11.1 Å². The molecule has 0 fully saturated rings. The molecule has 0 aromatic heterocycles. The van der Waals surface area contributed by atoms with Crippen LogP contribution >= 0.6 is 0 Å². The highest BCUT2D eigenvalue weighted by atomic mass is 15.1. The van der Waals surface area contributed by atoms with Gasteiger partial charge in [0.15, 0.2) is 0 Å². The molecular weight excluding hydrogens is 242 g/mol. The zero-order valence-corrected chi connectivity index (χ0v) is 12.2. The minimum atomic E-state index is 0.412. The van der Waals surface area contributed by atoms with Crippen molar-refractivity contribution in [3.63, 3.8) is 0 Å². The van der Waals surface area contributed by atoms with Gasteiger partial charge in [-0.1, -0.05) is 66.7 Å². The highest BCUT2D eigenvalue weighted by molar-refractivity contribution is 5.16. The lowest BCUT2D eigenvalue weighted by Crippen LogP contribution is -2.29. The van der Waals surface area contributed by atoms with Crippen LogP contribution in [0.2, 0.25) is 0 Å². The molecule has 2 aromatic rings. The minimum Gasteiger partial charge on any atom is -0.296 e. The molecule has 0 saturated carbocycles. The average molecular weight is 265 g/mol. The largest absolute Gasteiger partial charge is 0.296 e. The van der Waals surface area contributed by atoms with Crippen LogP contribution in [0.1, 0.15) is 17.5 Å². The lowest BCUT2D eigenvalue weighted by atomic mass is 10.0. The number of hydrogen-bond acceptors (Lipinski definition) is 1. The standard InChI is InChI=1S/C19H23N/c1-3-19(15-14-17-10-6-4-7-11-17)20(2)16-18-12-8-5-9-13-18/h3-13,19H,1,14-16H2,2H3/t19-/m0/s1. The molecule has 1 heteroatoms. The Labute approximate surface area is 122 Å². The Balaban J connectivity index is 1.89. The van der Waals surface area contributed by atoms with Crippen LogP contribution in [0.15, 0.2) is 73.3 Å². The van der Waals surface area contributed by atoms with Crippen LogP contribution in [-0.4, -0.2) is 18.0 Å². The molecule has 1 nitrogen and oxygen atoms in total. The summed E-state index contributed by atoms with van der Waals surface area (Å²) in [6, 6.07) is 21.7. The second kappa shape index (κ2) is 7.66. The maximum atomic E-state index is 3.99. The van der Waals surface area contributed by atoms with Gasteiger partial charge in [0, 0.05) is 12.6 Å². The van der Waals surface area contributed by atoms with E-state index in [9.17, 15) is 0 Å². The first kappa shape index (κ1) is 14.5. The summed E-state index contributed by atoms with van der Waals surface area (Å²) in [6.45, 7) is 4.96. The molecule has 0 heterocycles. The van der Waals surface area contributed by atoms with Gasteiger partial charge in [-0.15, -0.1) is 6.58 Å². The zero-order chi connectivity index (χ0) is 14.2. The summed E-state index contributed by atoms with van der Waals surface area (Å²) in [5.74, 6) is 0. The van der Waals surface area contributed by atoms with E-state index in [0.717, 1.165) is 19.4 Å². The molecule has 20 heavy (non-hydrogen) atoms. The molecule has 0 N–H and O–H groups in total. The topological polar surface area (TPSA) is 3.24 Å². The van der Waals surface area contributed by atoms with Crippen molar-refractivity contribution in [1.82, 2.24) is 4.90 Å². The summed E-state index contributed by atoms with van der Waals surface area (Å²) in [4.78, 5) is 2.37. The fourth-order valence-corrected chi connectivity index (χ4v) is 2.47. The Morgan fingerprint density at radius 2 is 1.50 bits per heavy atom. The summed E-state index contributed by atoms with van der Waals surface area (Å²) < 4.78 is 0. The number of aryl methyl sites for hydroxylation is 1. The highest BCUT2D eigenvalue weighted by Crippen LogP contribution is 2.13. The molecule has 0 aliphatic carbocycles. The van der Waals surface area contributed by atoms with Crippen LogP contribution in [0, 0.1) is 0 Å². The van der Waals surface area contributed by atoms with E-state index in [4.69, 9.17) is 0 Å². The van der Waals surface area contributed by atoms with Crippen molar-refractivity contribution >= 4 is 0 Å². The molecule has 104 valence electrons. The lowest BCUT2D eigenvalue weighted by molar-refractivity contribution is 0.262. The lowest BCUT2D eigenvalue weighted by Gasteiger charge is -2.25. The predicted molar refractivity (Wildman–Crippen MR) is 86.7 cm³/mol. The van der Waals surface area contributed by atoms with Crippen LogP contribution < -0.4 is 0 Å². The third-order valence-electron chi connectivity index (χ3n) is 3.68. The van der Waals surface area contributed by atoms with Gasteiger partial charge in [0.05, 0.1) is 0 Å². The van der Waals surface area contributed by atoms with Gasteiger partial charge in [0.1, 0.15) is 0 Å². The summed E-state index contributed by atoms with van der Waals surface area (Å²) in [5.41, 5.74) is 2.74. The first-order chi connectivity index (χ1) is 9.79. The van der Waals surface area contributed by atoms with Crippen molar-refractivity contribution in [3.05, 3.63) is 84.4 Å². The molecule has 1 atom stereocenters. The Kier molecular flexibility index (Phi) is 5.57. The van der Waals surface area contributed by atoms with Gasteiger partial charge in [-0.3, -0.25) is 4.90 Å². The Bertz CT molecular complexity index is 504. The minimum absolute atomic E-state index is 0.412. The van der Waals surface area contributed by atoms with E-state index < -0.39 is 0 Å². The first-order valence-electron chi connectivity index (χ1n) is 7.20. The van der Waals surface area contributed by atoms with Crippen molar-refractivity contribution in [3.8, 4) is 0 Å². The molecule has 2 aromatic carbocycles. The molecular formula is C19H23N. The monoisotopic (exact) mass is 265 g/mol. The number of rotatable bonds is 7. The van der Waals surface area contributed by atoms with E-state index >= 15 is 0 Å². The number of nitrogens with zero attached hydrogens (tertiary/aromatic N) is 1. The highest BCUT2D eigenvalue weighted by Gasteiger charge is 2.11. The maximum Gasteiger partial charge on any atom is 0.0279 e. The van der Waals surface area contributed by atoms with Gasteiger partial charge < -0.3 is 0 Å². The molecule has 0 spiro atoms. The van der Waals surface area contributed by atoms with E-state index in [-0.39, 0.29) is 0 Å². The van der Waals surface area contributed by atoms with Crippen LogP contribution in [-0.2, 0) is 13.0 Å². The third kappa shape index (κ3) is 4.36. The second-order valence-electron chi connectivity index (χ2n) is 5.23. The molecule has 0 aliphatic rings. The summed E-state index contributed by atoms with van der Waals surface area (Å²) >= 11 is 0. The number of hydrogen-bond donors (Lipinski definition) is 0. The molecule has 0 aliphatic heterocycles. The van der Waals surface area contributed by atoms with Crippen molar-refractivity contribution in [1.29, 1.82) is 0 Å². The average Bonchev–Trinajstić information content (AvgIpc) is 2.50. The van der Waals surface area contributed by atoms with Crippen molar-refractivity contribution in [2.45, 2.75) is 25.4 Å². The fourth-order valence-electron chi connectivity index (χ4n) is 2.47. The predicted octanol–water partition coefficient (Wildman–Crippen LogP) is 4.31. The van der Waals surface area contributed by atoms with Crippen molar-refractivity contribution in [2.24, 2.45) is 0 Å². The molecule has 0 unspecified atom stereocenters. The molecule has 0 bridgehead atoms. The molecule has 2 rings (SSSR count). The second-order valence-corrected chi connectivity index (χ2v) is 5.23. The Morgan fingerprint density at radius 3 is 2.05 bits per heavy atom. The van der Waals surface area contributed by atoms with Crippen LogP contribution in [0.4, 0.5) is 0 Å². The SMILES string of the molecule is C=C[C@@H](CCc1ccccc1)N(C)Cc1ccccc1. The smallest absolute Gasteiger partial charge is 0.0279 e. The Hall–Kier alpha value is -1.86. The quantitative estimate of drug-likeness (QED) is 0.674. The van der Waals surface area contributed by atoms with E-state index in [1.807, 2.05) is 0 Å². The zero-order valence-electron chi connectivity index (χ0n) is 12.2. The summed E-state index contributed by atoms with van der Waals surface area (Å²) in [6.07, 6.45) is 4.26. The van der Waals surface area contributed by atoms with Crippen molar-refractivity contribution < 1.29 is 0 Å². The summed E-state index contributed by atoms with van der Waals surface area (Å²) in [7, 11) is 2.17. The Morgan fingerprint density at radius 1 is 0.950 bits per heavy atom. The fraction of sp³-hybridized carbons (Fsp3) is 0.263. The van der Waals surface area contributed by atoms with Gasteiger partial charge in [0.25, 0.3) is 0 Å². The van der Waals surface area contributed by atoms with Crippen molar-refractivity contribution in [2.75, 3.05) is 7.05 Å². The molecule has 0 amide bonds. The van der Waals surface area contributed by atoms with E-state index in [1.54, 1.807) is 0 Å². The van der Waals surface area contributed by atoms with E-state index in [0.29, 0.717) is 6.04 Å². The maximum absolute atomic E-state index is 3.99. The van der Waals surface area contributed by atoms with E-state index in [2.05, 4.69) is 85.3 Å². The number of benzene rings is 2.